The van der Waals surface area contributed by atoms with Crippen LogP contribution in [0.1, 0.15) is 68.7 Å². The first-order valence-corrected chi connectivity index (χ1v) is 21.3. The fourth-order valence-electron chi connectivity index (χ4n) is 8.56. The van der Waals surface area contributed by atoms with Gasteiger partial charge in [0.2, 0.25) is 0 Å². The number of aryl methyl sites for hydroxylation is 2. The van der Waals surface area contributed by atoms with Crippen molar-refractivity contribution in [3.8, 4) is 12.1 Å². The molecule has 2 saturated heterocycles. The number of esters is 1. The lowest BCUT2D eigenvalue weighted by Crippen LogP contribution is -2.46. The Kier molecular flexibility index (Phi) is 14.3. The third kappa shape index (κ3) is 10.6. The van der Waals surface area contributed by atoms with Crippen LogP contribution in [-0.2, 0) is 17.6 Å². The van der Waals surface area contributed by atoms with Gasteiger partial charge in [0.05, 0.1) is 40.7 Å². The number of carboxylic acid groups (broad SMARTS) is 1. The highest BCUT2D eigenvalue weighted by atomic mass is 16.5. The van der Waals surface area contributed by atoms with Gasteiger partial charge in [-0.15, -0.1) is 0 Å². The quantitative estimate of drug-likeness (QED) is 0.0731. The van der Waals surface area contributed by atoms with Crippen LogP contribution in [0.2, 0.25) is 0 Å². The number of carbonyl (C=O) groups excluding carboxylic acids is 1. The van der Waals surface area contributed by atoms with E-state index in [1.807, 2.05) is 72.9 Å². The number of hydrogen-bond donors (Lipinski definition) is 3. The van der Waals surface area contributed by atoms with Crippen LogP contribution in [0.25, 0.3) is 21.8 Å². The second-order valence-electron chi connectivity index (χ2n) is 15.8. The molecule has 6 aromatic rings. The van der Waals surface area contributed by atoms with Gasteiger partial charge in [-0.25, -0.2) is 9.59 Å². The minimum Gasteiger partial charge on any atom is -0.478 e. The minimum absolute atomic E-state index is 0.300. The molecule has 8 rings (SSSR count). The number of anilines is 2. The molecular weight excluding hydrogens is 765 g/mol. The van der Waals surface area contributed by atoms with Gasteiger partial charge in [0, 0.05) is 86.6 Å². The number of para-hydroxylation sites is 2. The molecule has 4 heterocycles. The zero-order chi connectivity index (χ0) is 42.6. The molecule has 2 aromatic heterocycles. The van der Waals surface area contributed by atoms with E-state index >= 15 is 0 Å². The van der Waals surface area contributed by atoms with Crippen LogP contribution in [0.3, 0.4) is 0 Å². The number of ether oxygens (including phenoxy) is 1. The highest BCUT2D eigenvalue weighted by Crippen LogP contribution is 2.25. The molecule has 0 unspecified atom stereocenters. The molecule has 12 heteroatoms. The van der Waals surface area contributed by atoms with Gasteiger partial charge in [0.15, 0.2) is 0 Å². The lowest BCUT2D eigenvalue weighted by atomic mass is 10.0. The second-order valence-corrected chi connectivity index (χ2v) is 15.8. The number of piperazine rings is 2. The molecule has 61 heavy (non-hydrogen) atoms. The number of nitrogens with zero attached hydrogens (tertiary/aromatic N) is 6. The molecule has 0 atom stereocenters. The number of carboxylic acids is 1. The largest absolute Gasteiger partial charge is 0.478 e. The van der Waals surface area contributed by atoms with E-state index < -0.39 is 5.97 Å². The number of hydrogen-bond acceptors (Lipinski definition) is 9. The molecule has 0 saturated carbocycles. The molecule has 314 valence electrons. The summed E-state index contributed by atoms with van der Waals surface area (Å²) in [7, 11) is 1.41. The van der Waals surface area contributed by atoms with E-state index in [2.05, 4.69) is 47.9 Å². The number of aromatic nitrogens is 2. The summed E-state index contributed by atoms with van der Waals surface area (Å²) in [5, 5.41) is 30.0. The summed E-state index contributed by atoms with van der Waals surface area (Å²) in [6.45, 7) is 10.0. The zero-order valence-corrected chi connectivity index (χ0v) is 34.9. The van der Waals surface area contributed by atoms with Crippen LogP contribution in [0.15, 0.2) is 97.3 Å². The van der Waals surface area contributed by atoms with Crippen molar-refractivity contribution in [2.24, 2.45) is 0 Å². The van der Waals surface area contributed by atoms with Crippen LogP contribution >= 0.6 is 0 Å². The van der Waals surface area contributed by atoms with Crippen molar-refractivity contribution in [2.45, 2.75) is 38.5 Å². The van der Waals surface area contributed by atoms with Crippen molar-refractivity contribution >= 4 is 45.1 Å². The normalized spacial score (nSPS) is 14.6. The first-order chi connectivity index (χ1) is 29.8. The summed E-state index contributed by atoms with van der Waals surface area (Å²) < 4.78 is 4.84. The van der Waals surface area contributed by atoms with Gasteiger partial charge in [-0.1, -0.05) is 24.3 Å². The summed E-state index contributed by atoms with van der Waals surface area (Å²) in [5.41, 5.74) is 8.99. The molecule has 12 nitrogen and oxygen atoms in total. The Balaban J connectivity index is 0.000000184. The lowest BCUT2D eigenvalue weighted by molar-refractivity contribution is 0.0600. The third-order valence-electron chi connectivity index (χ3n) is 12.0. The maximum atomic E-state index is 11.8. The van der Waals surface area contributed by atoms with Crippen molar-refractivity contribution in [1.82, 2.24) is 19.8 Å². The average molecular weight is 819 g/mol. The summed E-state index contributed by atoms with van der Waals surface area (Å²) in [5.74, 6) is -1.19. The number of aromatic carboxylic acids is 1. The second kappa shape index (κ2) is 20.6. The molecular formula is C49H54N8O4. The Morgan fingerprint density at radius 1 is 0.623 bits per heavy atom. The molecule has 0 spiro atoms. The van der Waals surface area contributed by atoms with Crippen LogP contribution in [0, 0.1) is 22.7 Å². The average Bonchev–Trinajstić information content (AvgIpc) is 3.92. The van der Waals surface area contributed by atoms with Crippen molar-refractivity contribution < 1.29 is 19.4 Å². The van der Waals surface area contributed by atoms with Gasteiger partial charge in [-0.3, -0.25) is 9.80 Å². The Morgan fingerprint density at radius 3 is 1.51 bits per heavy atom. The predicted molar refractivity (Wildman–Crippen MR) is 240 cm³/mol. The number of H-pyrrole nitrogens is 2. The van der Waals surface area contributed by atoms with Gasteiger partial charge in [0.25, 0.3) is 0 Å². The van der Waals surface area contributed by atoms with Crippen LogP contribution < -0.4 is 9.80 Å². The summed E-state index contributed by atoms with van der Waals surface area (Å²) in [6, 6.07) is 31.2. The maximum absolute atomic E-state index is 11.8. The summed E-state index contributed by atoms with van der Waals surface area (Å²) in [6.07, 6.45) is 10.4. The Bertz CT molecular complexity index is 2510. The predicted octanol–water partition coefficient (Wildman–Crippen LogP) is 7.85. The van der Waals surface area contributed by atoms with Gasteiger partial charge in [0.1, 0.15) is 12.1 Å². The topological polar surface area (TPSA) is 156 Å². The lowest BCUT2D eigenvalue weighted by Gasteiger charge is -2.36. The van der Waals surface area contributed by atoms with E-state index in [0.717, 1.165) is 148 Å². The monoisotopic (exact) mass is 818 g/mol. The fraction of sp³-hybridized carbons (Fsp3) is 0.347. The Hall–Kier alpha value is -6.60. The Morgan fingerprint density at radius 2 is 1.07 bits per heavy atom. The van der Waals surface area contributed by atoms with E-state index in [1.54, 1.807) is 18.2 Å². The third-order valence-corrected chi connectivity index (χ3v) is 12.0. The van der Waals surface area contributed by atoms with Gasteiger partial charge < -0.3 is 29.6 Å². The smallest absolute Gasteiger partial charge is 0.337 e. The van der Waals surface area contributed by atoms with Gasteiger partial charge in [-0.2, -0.15) is 10.5 Å². The maximum Gasteiger partial charge on any atom is 0.337 e. The highest BCUT2D eigenvalue weighted by molar-refractivity contribution is 5.96. The van der Waals surface area contributed by atoms with Crippen LogP contribution in [0.5, 0.6) is 0 Å². The number of benzene rings is 4. The van der Waals surface area contributed by atoms with Gasteiger partial charge >= 0.3 is 11.9 Å². The van der Waals surface area contributed by atoms with Crippen LogP contribution in [0.4, 0.5) is 11.4 Å². The molecule has 2 aliphatic heterocycles. The number of carbonyl (C=O) groups is 2. The SMILES string of the molecule is COC(=O)c1ccc2[nH]cc(CCCCN3CCN(c4ccccc4C#N)CC3)c2c1.N#Cc1ccccc1N1CCN(CCCCc2c[nH]c3ccc(C(=O)O)cc23)CC1. The van der Waals surface area contributed by atoms with Crippen molar-refractivity contribution in [3.63, 3.8) is 0 Å². The number of methoxy groups -OCH3 is 1. The highest BCUT2D eigenvalue weighted by Gasteiger charge is 2.20. The zero-order valence-electron chi connectivity index (χ0n) is 34.9. The molecule has 0 radical (unpaired) electrons. The standard InChI is InChI=1S/C25H28N4O2.C24H26N4O2/c1-31-25(30)19-9-10-23-22(16-19)21(18-27-23)7-4-5-11-28-12-14-29(15-13-28)24-8-3-2-6-20(24)17-26;25-16-19-5-1-2-7-23(19)28-13-11-27(12-14-28)10-4-3-6-20-17-26-22-9-8-18(24(29)30)15-21(20)22/h2-3,6,8-10,16,18,27H,4-5,7,11-15H2,1H3;1-2,5,7-9,15,17,26H,3-4,6,10-14H2,(H,29,30). The number of aromatic amines is 2. The number of unbranched alkanes of at least 4 members (excludes halogenated alkanes) is 2. The number of nitrogens with one attached hydrogen (secondary N) is 2. The minimum atomic E-state index is -0.888. The molecule has 0 bridgehead atoms. The van der Waals surface area contributed by atoms with Crippen molar-refractivity contribution in [1.29, 1.82) is 10.5 Å². The Labute approximate surface area is 357 Å². The summed E-state index contributed by atoms with van der Waals surface area (Å²) >= 11 is 0. The van der Waals surface area contributed by atoms with E-state index in [0.29, 0.717) is 11.1 Å². The first-order valence-electron chi connectivity index (χ1n) is 21.3. The molecule has 0 amide bonds. The van der Waals surface area contributed by atoms with E-state index in [9.17, 15) is 25.2 Å². The number of nitriles is 2. The van der Waals surface area contributed by atoms with Crippen molar-refractivity contribution in [2.75, 3.05) is 82.4 Å². The van der Waals surface area contributed by atoms with E-state index in [1.165, 1.54) is 18.2 Å². The van der Waals surface area contributed by atoms with E-state index in [-0.39, 0.29) is 5.97 Å². The first kappa shape index (κ1) is 42.5. The summed E-state index contributed by atoms with van der Waals surface area (Å²) in [4.78, 5) is 39.2. The van der Waals surface area contributed by atoms with E-state index in [4.69, 9.17) is 4.74 Å². The molecule has 2 aliphatic rings. The molecule has 2 fully saturated rings. The number of fused-ring (bicyclic) bond motifs is 2. The van der Waals surface area contributed by atoms with Crippen LogP contribution in [-0.4, -0.2) is 109 Å². The fourth-order valence-corrected chi connectivity index (χ4v) is 8.56. The van der Waals surface area contributed by atoms with Crippen molar-refractivity contribution in [3.05, 3.63) is 131 Å². The molecule has 0 aliphatic carbocycles. The van der Waals surface area contributed by atoms with Gasteiger partial charge in [-0.05, 0) is 123 Å². The molecule has 4 aromatic carbocycles. The number of rotatable bonds is 14. The molecule has 3 N–H and O–H groups in total.